The normalized spacial score (nSPS) is 13.2. The quantitative estimate of drug-likeness (QED) is 0.769. The fourth-order valence-electron chi connectivity index (χ4n) is 1.33. The smallest absolute Gasteiger partial charge is 0.0951 e. The zero-order chi connectivity index (χ0) is 9.84. The molecule has 0 bridgehead atoms. The molecule has 0 aliphatic carbocycles. The summed E-state index contributed by atoms with van der Waals surface area (Å²) in [5.74, 6) is 0. The predicted molar refractivity (Wildman–Crippen MR) is 52.6 cm³/mol. The number of nitrogens with zero attached hydrogens (tertiary/aromatic N) is 2. The van der Waals surface area contributed by atoms with E-state index in [2.05, 4.69) is 16.5 Å². The molecule has 1 N–H and O–H groups in total. The van der Waals surface area contributed by atoms with E-state index in [9.17, 15) is 0 Å². The second-order valence-corrected chi connectivity index (χ2v) is 3.60. The highest BCUT2D eigenvalue weighted by Crippen LogP contribution is 2.06. The van der Waals surface area contributed by atoms with Crippen LogP contribution in [0.4, 0.5) is 0 Å². The average molecular weight is 182 g/mol. The molecule has 1 aromatic rings. The summed E-state index contributed by atoms with van der Waals surface area (Å²) >= 11 is 0. The summed E-state index contributed by atoms with van der Waals surface area (Å²) in [6.07, 6.45) is 3.54. The minimum atomic E-state index is -0.190. The molecule has 0 fully saturated rings. The molecule has 0 saturated heterocycles. The van der Waals surface area contributed by atoms with E-state index < -0.39 is 0 Å². The van der Waals surface area contributed by atoms with Gasteiger partial charge in [0.15, 0.2) is 0 Å². The first-order chi connectivity index (χ1) is 6.11. The third-order valence-electron chi connectivity index (χ3n) is 2.37. The van der Waals surface area contributed by atoms with Gasteiger partial charge in [-0.2, -0.15) is 0 Å². The SMILES string of the molecule is Cc1ncn(CCCC(C)O)c1C. The predicted octanol–water partition coefficient (Wildman–Crippen LogP) is 1.66. The summed E-state index contributed by atoms with van der Waals surface area (Å²) < 4.78 is 2.14. The number of imidazole rings is 1. The zero-order valence-electron chi connectivity index (χ0n) is 8.62. The summed E-state index contributed by atoms with van der Waals surface area (Å²) in [6, 6.07) is 0. The fourth-order valence-corrected chi connectivity index (χ4v) is 1.33. The van der Waals surface area contributed by atoms with Gasteiger partial charge in [-0.3, -0.25) is 0 Å². The third kappa shape index (κ3) is 2.84. The molecule has 0 saturated carbocycles. The Balaban J connectivity index is 2.41. The van der Waals surface area contributed by atoms with Crippen molar-refractivity contribution < 1.29 is 5.11 Å². The Morgan fingerprint density at radius 2 is 2.23 bits per heavy atom. The average Bonchev–Trinajstić information content (AvgIpc) is 2.35. The molecule has 0 aromatic carbocycles. The van der Waals surface area contributed by atoms with Gasteiger partial charge in [0.05, 0.1) is 18.1 Å². The first-order valence-electron chi connectivity index (χ1n) is 4.77. The van der Waals surface area contributed by atoms with Crippen molar-refractivity contribution in [2.75, 3.05) is 0 Å². The number of hydrogen-bond donors (Lipinski definition) is 1. The highest BCUT2D eigenvalue weighted by Gasteiger charge is 2.01. The number of aryl methyl sites for hydroxylation is 2. The molecular weight excluding hydrogens is 164 g/mol. The van der Waals surface area contributed by atoms with Crippen molar-refractivity contribution in [2.24, 2.45) is 0 Å². The number of aliphatic hydroxyl groups is 1. The lowest BCUT2D eigenvalue weighted by Gasteiger charge is -2.06. The van der Waals surface area contributed by atoms with Crippen molar-refractivity contribution >= 4 is 0 Å². The van der Waals surface area contributed by atoms with Crippen LogP contribution in [0.3, 0.4) is 0 Å². The van der Waals surface area contributed by atoms with Crippen LogP contribution in [0.5, 0.6) is 0 Å². The molecule has 0 amide bonds. The van der Waals surface area contributed by atoms with Gasteiger partial charge in [0, 0.05) is 12.2 Å². The van der Waals surface area contributed by atoms with Gasteiger partial charge >= 0.3 is 0 Å². The lowest BCUT2D eigenvalue weighted by atomic mass is 10.2. The zero-order valence-corrected chi connectivity index (χ0v) is 8.62. The number of aliphatic hydroxyl groups excluding tert-OH is 1. The Hall–Kier alpha value is -0.830. The van der Waals surface area contributed by atoms with Crippen molar-refractivity contribution in [3.63, 3.8) is 0 Å². The number of aromatic nitrogens is 2. The van der Waals surface area contributed by atoms with Crippen LogP contribution >= 0.6 is 0 Å². The lowest BCUT2D eigenvalue weighted by molar-refractivity contribution is 0.179. The summed E-state index contributed by atoms with van der Waals surface area (Å²) in [7, 11) is 0. The Kier molecular flexibility index (Phi) is 3.48. The molecule has 1 rings (SSSR count). The minimum absolute atomic E-state index is 0.190. The van der Waals surface area contributed by atoms with E-state index in [4.69, 9.17) is 5.11 Å². The summed E-state index contributed by atoms with van der Waals surface area (Å²) in [6.45, 7) is 6.87. The van der Waals surface area contributed by atoms with Crippen LogP contribution < -0.4 is 0 Å². The van der Waals surface area contributed by atoms with Gasteiger partial charge in [0.1, 0.15) is 0 Å². The number of hydrogen-bond acceptors (Lipinski definition) is 2. The Morgan fingerprint density at radius 3 is 2.69 bits per heavy atom. The molecule has 1 unspecified atom stereocenters. The highest BCUT2D eigenvalue weighted by atomic mass is 16.3. The molecule has 1 aromatic heterocycles. The maximum absolute atomic E-state index is 9.08. The van der Waals surface area contributed by atoms with Crippen LogP contribution in [0.15, 0.2) is 6.33 Å². The molecule has 3 heteroatoms. The Labute approximate surface area is 79.4 Å². The van der Waals surface area contributed by atoms with Gasteiger partial charge < -0.3 is 9.67 Å². The van der Waals surface area contributed by atoms with Gasteiger partial charge in [0.2, 0.25) is 0 Å². The molecule has 0 radical (unpaired) electrons. The van der Waals surface area contributed by atoms with Crippen LogP contribution in [-0.4, -0.2) is 20.8 Å². The number of rotatable bonds is 4. The van der Waals surface area contributed by atoms with Crippen molar-refractivity contribution in [3.8, 4) is 0 Å². The molecule has 0 aliphatic heterocycles. The Bertz CT molecular complexity index is 266. The second kappa shape index (κ2) is 4.42. The largest absolute Gasteiger partial charge is 0.393 e. The molecule has 1 heterocycles. The molecule has 3 nitrogen and oxygen atoms in total. The van der Waals surface area contributed by atoms with Gasteiger partial charge in [-0.15, -0.1) is 0 Å². The minimum Gasteiger partial charge on any atom is -0.393 e. The van der Waals surface area contributed by atoms with Crippen LogP contribution in [0.1, 0.15) is 31.2 Å². The maximum Gasteiger partial charge on any atom is 0.0951 e. The van der Waals surface area contributed by atoms with Crippen molar-refractivity contribution in [1.29, 1.82) is 0 Å². The molecule has 0 aliphatic rings. The maximum atomic E-state index is 9.08. The first kappa shape index (κ1) is 10.3. The van der Waals surface area contributed by atoms with E-state index in [1.165, 1.54) is 5.69 Å². The van der Waals surface area contributed by atoms with Crippen molar-refractivity contribution in [1.82, 2.24) is 9.55 Å². The third-order valence-corrected chi connectivity index (χ3v) is 2.37. The lowest BCUT2D eigenvalue weighted by Crippen LogP contribution is -2.04. The van der Waals surface area contributed by atoms with E-state index in [0.29, 0.717) is 0 Å². The van der Waals surface area contributed by atoms with Crippen LogP contribution in [0, 0.1) is 13.8 Å². The molecular formula is C10H18N2O. The fraction of sp³-hybridized carbons (Fsp3) is 0.700. The van der Waals surface area contributed by atoms with Gasteiger partial charge in [-0.1, -0.05) is 0 Å². The van der Waals surface area contributed by atoms with Gasteiger partial charge in [0.25, 0.3) is 0 Å². The first-order valence-corrected chi connectivity index (χ1v) is 4.77. The van der Waals surface area contributed by atoms with Crippen LogP contribution in [0.2, 0.25) is 0 Å². The summed E-state index contributed by atoms with van der Waals surface area (Å²) in [5.41, 5.74) is 2.32. The van der Waals surface area contributed by atoms with Gasteiger partial charge in [-0.25, -0.2) is 4.98 Å². The van der Waals surface area contributed by atoms with Gasteiger partial charge in [-0.05, 0) is 33.6 Å². The summed E-state index contributed by atoms with van der Waals surface area (Å²) in [5, 5.41) is 9.08. The van der Waals surface area contributed by atoms with Crippen molar-refractivity contribution in [3.05, 3.63) is 17.7 Å². The second-order valence-electron chi connectivity index (χ2n) is 3.60. The molecule has 13 heavy (non-hydrogen) atoms. The molecule has 74 valence electrons. The standard InChI is InChI=1S/C10H18N2O/c1-8(13)5-4-6-12-7-11-9(2)10(12)3/h7-8,13H,4-6H2,1-3H3. The van der Waals surface area contributed by atoms with E-state index in [1.807, 2.05) is 20.2 Å². The monoisotopic (exact) mass is 182 g/mol. The van der Waals surface area contributed by atoms with Crippen LogP contribution in [0.25, 0.3) is 0 Å². The van der Waals surface area contributed by atoms with E-state index in [0.717, 1.165) is 25.1 Å². The van der Waals surface area contributed by atoms with E-state index in [-0.39, 0.29) is 6.10 Å². The van der Waals surface area contributed by atoms with E-state index >= 15 is 0 Å². The molecule has 1 atom stereocenters. The van der Waals surface area contributed by atoms with E-state index in [1.54, 1.807) is 0 Å². The highest BCUT2D eigenvalue weighted by molar-refractivity contribution is 5.08. The Morgan fingerprint density at radius 1 is 1.54 bits per heavy atom. The van der Waals surface area contributed by atoms with Crippen LogP contribution in [-0.2, 0) is 6.54 Å². The van der Waals surface area contributed by atoms with Crippen molar-refractivity contribution in [2.45, 2.75) is 46.3 Å². The molecule has 0 spiro atoms. The topological polar surface area (TPSA) is 38.0 Å². The summed E-state index contributed by atoms with van der Waals surface area (Å²) in [4.78, 5) is 4.21.